The minimum absolute atomic E-state index is 0.206. The first-order chi connectivity index (χ1) is 11.0. The highest BCUT2D eigenvalue weighted by atomic mass is 79.9. The van der Waals surface area contributed by atoms with Crippen molar-refractivity contribution >= 4 is 21.9 Å². The van der Waals surface area contributed by atoms with E-state index in [4.69, 9.17) is 9.47 Å². The van der Waals surface area contributed by atoms with Crippen molar-refractivity contribution in [2.45, 2.75) is 26.7 Å². The van der Waals surface area contributed by atoms with E-state index < -0.39 is 11.8 Å². The van der Waals surface area contributed by atoms with Gasteiger partial charge in [-0.3, -0.25) is 0 Å². The molecular weight excluding hydrogens is 363 g/mol. The van der Waals surface area contributed by atoms with E-state index in [2.05, 4.69) is 15.9 Å². The number of carbonyl (C=O) groups is 1. The monoisotopic (exact) mass is 380 g/mol. The fraction of sp³-hybridized carbons (Fsp3) is 0.278. The minimum Gasteiger partial charge on any atom is -0.493 e. The lowest BCUT2D eigenvalue weighted by Crippen LogP contribution is -2.14. The van der Waals surface area contributed by atoms with Crippen molar-refractivity contribution in [3.63, 3.8) is 0 Å². The summed E-state index contributed by atoms with van der Waals surface area (Å²) in [6, 6.07) is 9.96. The van der Waals surface area contributed by atoms with Crippen LogP contribution in [0, 0.1) is 12.7 Å². The standard InChI is InChI=1S/C18H18BrFO3/c1-3-4-10-22-15-11-14(20)17(19)12(2)16(15)18(21)23-13-8-6-5-7-9-13/h5-9,11H,3-4,10H2,1-2H3. The van der Waals surface area contributed by atoms with Crippen LogP contribution < -0.4 is 9.47 Å². The lowest BCUT2D eigenvalue weighted by Gasteiger charge is -2.15. The Kier molecular flexibility index (Phi) is 6.16. The summed E-state index contributed by atoms with van der Waals surface area (Å²) in [4.78, 5) is 12.5. The highest BCUT2D eigenvalue weighted by Crippen LogP contribution is 2.32. The van der Waals surface area contributed by atoms with Gasteiger partial charge in [0, 0.05) is 6.07 Å². The number of hydrogen-bond donors (Lipinski definition) is 0. The molecule has 0 aliphatic heterocycles. The van der Waals surface area contributed by atoms with Crippen LogP contribution in [0.5, 0.6) is 11.5 Å². The Morgan fingerprint density at radius 3 is 2.61 bits per heavy atom. The summed E-state index contributed by atoms with van der Waals surface area (Å²) in [5, 5.41) is 0. The molecule has 0 N–H and O–H groups in total. The molecule has 2 rings (SSSR count). The molecule has 0 unspecified atom stereocenters. The molecule has 0 saturated heterocycles. The first kappa shape index (κ1) is 17.5. The van der Waals surface area contributed by atoms with Gasteiger partial charge in [-0.15, -0.1) is 0 Å². The van der Waals surface area contributed by atoms with Gasteiger partial charge in [-0.1, -0.05) is 31.5 Å². The van der Waals surface area contributed by atoms with Gasteiger partial charge in [-0.25, -0.2) is 9.18 Å². The van der Waals surface area contributed by atoms with Gasteiger partial charge in [-0.2, -0.15) is 0 Å². The van der Waals surface area contributed by atoms with E-state index in [-0.39, 0.29) is 15.8 Å². The zero-order valence-electron chi connectivity index (χ0n) is 13.1. The van der Waals surface area contributed by atoms with E-state index in [0.717, 1.165) is 12.8 Å². The molecule has 0 atom stereocenters. The van der Waals surface area contributed by atoms with Crippen LogP contribution in [0.2, 0.25) is 0 Å². The molecule has 0 saturated carbocycles. The minimum atomic E-state index is -0.569. The molecule has 0 amide bonds. The molecule has 23 heavy (non-hydrogen) atoms. The Bertz CT molecular complexity index is 686. The zero-order chi connectivity index (χ0) is 16.8. The summed E-state index contributed by atoms with van der Waals surface area (Å²) >= 11 is 3.16. The van der Waals surface area contributed by atoms with Crippen LogP contribution in [0.15, 0.2) is 40.9 Å². The number of ether oxygens (including phenoxy) is 2. The maximum absolute atomic E-state index is 13.9. The smallest absolute Gasteiger partial charge is 0.347 e. The van der Waals surface area contributed by atoms with Crippen LogP contribution in [0.25, 0.3) is 0 Å². The highest BCUT2D eigenvalue weighted by Gasteiger charge is 2.22. The molecule has 0 bridgehead atoms. The Balaban J connectivity index is 2.34. The second-order valence-electron chi connectivity index (χ2n) is 5.08. The van der Waals surface area contributed by atoms with E-state index >= 15 is 0 Å². The normalized spacial score (nSPS) is 10.4. The first-order valence-corrected chi connectivity index (χ1v) is 8.22. The SMILES string of the molecule is CCCCOc1cc(F)c(Br)c(C)c1C(=O)Oc1ccccc1. The quantitative estimate of drug-likeness (QED) is 0.387. The summed E-state index contributed by atoms with van der Waals surface area (Å²) in [5.74, 6) is -0.402. The van der Waals surface area contributed by atoms with E-state index in [1.807, 2.05) is 13.0 Å². The molecule has 0 heterocycles. The second-order valence-corrected chi connectivity index (χ2v) is 5.87. The number of hydrogen-bond acceptors (Lipinski definition) is 3. The van der Waals surface area contributed by atoms with Crippen molar-refractivity contribution < 1.29 is 18.7 Å². The van der Waals surface area contributed by atoms with Crippen LogP contribution in [-0.4, -0.2) is 12.6 Å². The number of halogens is 2. The summed E-state index contributed by atoms with van der Waals surface area (Å²) in [6.45, 7) is 4.10. The van der Waals surface area contributed by atoms with Crippen molar-refractivity contribution in [2.24, 2.45) is 0 Å². The van der Waals surface area contributed by atoms with Gasteiger partial charge in [0.2, 0.25) is 0 Å². The maximum atomic E-state index is 13.9. The molecule has 2 aromatic rings. The van der Waals surface area contributed by atoms with Gasteiger partial charge in [0.05, 0.1) is 11.1 Å². The Morgan fingerprint density at radius 2 is 1.96 bits per heavy atom. The predicted octanol–water partition coefficient (Wildman–Crippen LogP) is 5.29. The molecule has 0 aromatic heterocycles. The van der Waals surface area contributed by atoms with E-state index in [1.165, 1.54) is 6.07 Å². The number of esters is 1. The molecule has 122 valence electrons. The Hall–Kier alpha value is -1.88. The molecule has 0 aliphatic rings. The fourth-order valence-electron chi connectivity index (χ4n) is 2.06. The Morgan fingerprint density at radius 1 is 1.26 bits per heavy atom. The van der Waals surface area contributed by atoms with Gasteiger partial charge in [0.1, 0.15) is 22.9 Å². The number of benzene rings is 2. The van der Waals surface area contributed by atoms with E-state index in [1.54, 1.807) is 31.2 Å². The fourth-order valence-corrected chi connectivity index (χ4v) is 2.38. The van der Waals surface area contributed by atoms with Gasteiger partial charge in [0.15, 0.2) is 0 Å². The Labute approximate surface area is 143 Å². The number of rotatable bonds is 6. The van der Waals surface area contributed by atoms with Crippen molar-refractivity contribution in [1.29, 1.82) is 0 Å². The van der Waals surface area contributed by atoms with Crippen LogP contribution in [0.4, 0.5) is 4.39 Å². The summed E-state index contributed by atoms with van der Waals surface area (Å²) in [7, 11) is 0. The van der Waals surface area contributed by atoms with Crippen molar-refractivity contribution in [1.82, 2.24) is 0 Å². The third-order valence-corrected chi connectivity index (χ3v) is 4.31. The van der Waals surface area contributed by atoms with Crippen molar-refractivity contribution in [3.8, 4) is 11.5 Å². The highest BCUT2D eigenvalue weighted by molar-refractivity contribution is 9.10. The van der Waals surface area contributed by atoms with Gasteiger partial charge < -0.3 is 9.47 Å². The second kappa shape index (κ2) is 8.11. The lowest BCUT2D eigenvalue weighted by molar-refractivity contribution is 0.0729. The van der Waals surface area contributed by atoms with E-state index in [0.29, 0.717) is 17.9 Å². The van der Waals surface area contributed by atoms with Crippen LogP contribution >= 0.6 is 15.9 Å². The molecule has 0 fully saturated rings. The molecule has 0 radical (unpaired) electrons. The molecule has 0 spiro atoms. The first-order valence-electron chi connectivity index (χ1n) is 7.43. The predicted molar refractivity (Wildman–Crippen MR) is 90.6 cm³/mol. The zero-order valence-corrected chi connectivity index (χ0v) is 14.7. The molecule has 0 aliphatic carbocycles. The largest absolute Gasteiger partial charge is 0.493 e. The summed E-state index contributed by atoms with van der Waals surface area (Å²) in [5.41, 5.74) is 0.690. The molecule has 3 nitrogen and oxygen atoms in total. The molecule has 5 heteroatoms. The average molecular weight is 381 g/mol. The number of carbonyl (C=O) groups excluding carboxylic acids is 1. The summed E-state index contributed by atoms with van der Waals surface area (Å²) in [6.07, 6.45) is 1.77. The lowest BCUT2D eigenvalue weighted by atomic mass is 10.1. The third-order valence-electron chi connectivity index (χ3n) is 3.33. The van der Waals surface area contributed by atoms with E-state index in [9.17, 15) is 9.18 Å². The van der Waals surface area contributed by atoms with Gasteiger partial charge >= 0.3 is 5.97 Å². The van der Waals surface area contributed by atoms with Crippen LogP contribution in [-0.2, 0) is 0 Å². The van der Waals surface area contributed by atoms with Crippen molar-refractivity contribution in [3.05, 3.63) is 57.8 Å². The topological polar surface area (TPSA) is 35.5 Å². The maximum Gasteiger partial charge on any atom is 0.347 e. The molecule has 2 aromatic carbocycles. The number of unbranched alkanes of at least 4 members (excludes halogenated alkanes) is 1. The van der Waals surface area contributed by atoms with Gasteiger partial charge in [0.25, 0.3) is 0 Å². The third kappa shape index (κ3) is 4.32. The average Bonchev–Trinajstić information content (AvgIpc) is 2.54. The summed E-state index contributed by atoms with van der Waals surface area (Å²) < 4.78 is 25.1. The van der Waals surface area contributed by atoms with Crippen LogP contribution in [0.3, 0.4) is 0 Å². The van der Waals surface area contributed by atoms with Crippen LogP contribution in [0.1, 0.15) is 35.7 Å². The number of para-hydroxylation sites is 1. The van der Waals surface area contributed by atoms with Crippen molar-refractivity contribution in [2.75, 3.05) is 6.61 Å². The van der Waals surface area contributed by atoms with Gasteiger partial charge in [-0.05, 0) is 47.0 Å². The molecular formula is C18H18BrFO3.